The molecule has 0 amide bonds. The van der Waals surface area contributed by atoms with E-state index in [1.54, 1.807) is 19.2 Å². The van der Waals surface area contributed by atoms with E-state index in [9.17, 15) is 4.39 Å². The van der Waals surface area contributed by atoms with E-state index in [0.717, 1.165) is 22.4 Å². The summed E-state index contributed by atoms with van der Waals surface area (Å²) in [5.41, 5.74) is 9.51. The molecular formula is C17H20FNOS. The second kappa shape index (κ2) is 6.96. The molecule has 0 saturated carbocycles. The lowest BCUT2D eigenvalue weighted by molar-refractivity contribution is 0.411. The zero-order chi connectivity index (χ0) is 15.4. The molecule has 0 heterocycles. The molecule has 4 heteroatoms. The number of thioether (sulfide) groups is 1. The largest absolute Gasteiger partial charge is 0.496 e. The van der Waals surface area contributed by atoms with Crippen molar-refractivity contribution in [2.24, 2.45) is 5.73 Å². The molecule has 1 atom stereocenters. The number of hydrogen-bond acceptors (Lipinski definition) is 3. The van der Waals surface area contributed by atoms with Gasteiger partial charge in [-0.3, -0.25) is 0 Å². The second-order valence-electron chi connectivity index (χ2n) is 5.03. The van der Waals surface area contributed by atoms with Crippen molar-refractivity contribution >= 4 is 11.8 Å². The van der Waals surface area contributed by atoms with Crippen LogP contribution in [0.4, 0.5) is 4.39 Å². The first-order chi connectivity index (χ1) is 10.0. The highest BCUT2D eigenvalue weighted by molar-refractivity contribution is 7.99. The fraction of sp³-hybridized carbons (Fsp3) is 0.294. The molecule has 0 aliphatic rings. The van der Waals surface area contributed by atoms with Gasteiger partial charge in [0.25, 0.3) is 0 Å². The van der Waals surface area contributed by atoms with E-state index in [4.69, 9.17) is 10.5 Å². The van der Waals surface area contributed by atoms with Gasteiger partial charge in [0.1, 0.15) is 11.6 Å². The van der Waals surface area contributed by atoms with Crippen LogP contribution in [0.25, 0.3) is 0 Å². The van der Waals surface area contributed by atoms with Crippen molar-refractivity contribution < 1.29 is 9.13 Å². The molecule has 0 fully saturated rings. The van der Waals surface area contributed by atoms with Crippen molar-refractivity contribution in [1.29, 1.82) is 0 Å². The van der Waals surface area contributed by atoms with Crippen molar-refractivity contribution in [3.8, 4) is 5.75 Å². The molecule has 112 valence electrons. The molecule has 0 aromatic heterocycles. The molecule has 0 bridgehead atoms. The third-order valence-corrected chi connectivity index (χ3v) is 4.61. The molecule has 2 rings (SSSR count). The fourth-order valence-electron chi connectivity index (χ4n) is 2.26. The summed E-state index contributed by atoms with van der Waals surface area (Å²) >= 11 is 1.44. The fourth-order valence-corrected chi connectivity index (χ4v) is 3.18. The monoisotopic (exact) mass is 305 g/mol. The maximum Gasteiger partial charge on any atom is 0.136 e. The summed E-state index contributed by atoms with van der Waals surface area (Å²) in [7, 11) is 1.66. The Morgan fingerprint density at radius 1 is 1.19 bits per heavy atom. The van der Waals surface area contributed by atoms with Crippen molar-refractivity contribution in [2.45, 2.75) is 24.8 Å². The van der Waals surface area contributed by atoms with E-state index in [1.165, 1.54) is 17.8 Å². The summed E-state index contributed by atoms with van der Waals surface area (Å²) in [6.07, 6.45) is 0. The van der Waals surface area contributed by atoms with Gasteiger partial charge in [0.05, 0.1) is 7.11 Å². The first-order valence-corrected chi connectivity index (χ1v) is 7.79. The number of ether oxygens (including phenoxy) is 1. The summed E-state index contributed by atoms with van der Waals surface area (Å²) in [4.78, 5) is 0.635. The Labute approximate surface area is 129 Å². The predicted molar refractivity (Wildman–Crippen MR) is 86.5 cm³/mol. The van der Waals surface area contributed by atoms with Gasteiger partial charge in [-0.1, -0.05) is 18.2 Å². The van der Waals surface area contributed by atoms with Gasteiger partial charge in [-0.15, -0.1) is 11.8 Å². The van der Waals surface area contributed by atoms with E-state index in [-0.39, 0.29) is 11.9 Å². The third-order valence-electron chi connectivity index (χ3n) is 3.44. The van der Waals surface area contributed by atoms with E-state index < -0.39 is 0 Å². The van der Waals surface area contributed by atoms with Crippen LogP contribution in [0.2, 0.25) is 0 Å². The van der Waals surface area contributed by atoms with Crippen LogP contribution in [-0.4, -0.2) is 12.9 Å². The first-order valence-electron chi connectivity index (χ1n) is 6.81. The van der Waals surface area contributed by atoms with Crippen molar-refractivity contribution in [2.75, 3.05) is 12.9 Å². The molecule has 0 radical (unpaired) electrons. The SMILES string of the molecule is COc1cc(C)c(C(N)CSc2ccccc2F)cc1C. The number of benzene rings is 2. The summed E-state index contributed by atoms with van der Waals surface area (Å²) in [6, 6.07) is 10.7. The van der Waals surface area contributed by atoms with Gasteiger partial charge in [0.15, 0.2) is 0 Å². The molecule has 1 unspecified atom stereocenters. The minimum Gasteiger partial charge on any atom is -0.496 e. The summed E-state index contributed by atoms with van der Waals surface area (Å²) in [5.74, 6) is 1.30. The highest BCUT2D eigenvalue weighted by Crippen LogP contribution is 2.30. The number of methoxy groups -OCH3 is 1. The van der Waals surface area contributed by atoms with E-state index >= 15 is 0 Å². The zero-order valence-electron chi connectivity index (χ0n) is 12.5. The standard InChI is InChI=1S/C17H20FNOS/c1-11-9-16(20-3)12(2)8-13(11)15(19)10-21-17-7-5-4-6-14(17)18/h4-9,15H,10,19H2,1-3H3. The Balaban J connectivity index is 2.12. The maximum atomic E-state index is 13.6. The van der Waals surface area contributed by atoms with Crippen LogP contribution < -0.4 is 10.5 Å². The number of nitrogens with two attached hydrogens (primary N) is 1. The van der Waals surface area contributed by atoms with Crippen molar-refractivity contribution in [3.63, 3.8) is 0 Å². The Kier molecular flexibility index (Phi) is 5.26. The van der Waals surface area contributed by atoms with Crippen LogP contribution in [0.1, 0.15) is 22.7 Å². The van der Waals surface area contributed by atoms with Crippen LogP contribution in [0.15, 0.2) is 41.3 Å². The minimum absolute atomic E-state index is 0.140. The van der Waals surface area contributed by atoms with Gasteiger partial charge in [-0.05, 0) is 48.7 Å². The average Bonchev–Trinajstić information content (AvgIpc) is 2.48. The Bertz CT molecular complexity index is 630. The molecule has 0 aliphatic carbocycles. The Morgan fingerprint density at radius 3 is 2.57 bits per heavy atom. The second-order valence-corrected chi connectivity index (χ2v) is 6.09. The number of aryl methyl sites for hydroxylation is 2. The molecule has 2 nitrogen and oxygen atoms in total. The topological polar surface area (TPSA) is 35.2 Å². The van der Waals surface area contributed by atoms with E-state index in [2.05, 4.69) is 6.07 Å². The zero-order valence-corrected chi connectivity index (χ0v) is 13.3. The van der Waals surface area contributed by atoms with Crippen LogP contribution in [0.3, 0.4) is 0 Å². The lowest BCUT2D eigenvalue weighted by Gasteiger charge is -2.17. The molecule has 0 spiro atoms. The maximum absolute atomic E-state index is 13.6. The van der Waals surface area contributed by atoms with Gasteiger partial charge in [-0.25, -0.2) is 4.39 Å². The van der Waals surface area contributed by atoms with Gasteiger partial charge in [-0.2, -0.15) is 0 Å². The summed E-state index contributed by atoms with van der Waals surface area (Å²) in [6.45, 7) is 4.02. The molecular weight excluding hydrogens is 285 g/mol. The van der Waals surface area contributed by atoms with Gasteiger partial charge < -0.3 is 10.5 Å². The smallest absolute Gasteiger partial charge is 0.136 e. The highest BCUT2D eigenvalue weighted by Gasteiger charge is 2.13. The molecule has 21 heavy (non-hydrogen) atoms. The van der Waals surface area contributed by atoms with Gasteiger partial charge in [0.2, 0.25) is 0 Å². The molecule has 2 N–H and O–H groups in total. The van der Waals surface area contributed by atoms with Crippen LogP contribution >= 0.6 is 11.8 Å². The van der Waals surface area contributed by atoms with Crippen LogP contribution in [-0.2, 0) is 0 Å². The van der Waals surface area contributed by atoms with Gasteiger partial charge in [0, 0.05) is 16.7 Å². The average molecular weight is 305 g/mol. The predicted octanol–water partition coefficient (Wildman–Crippen LogP) is 4.24. The Morgan fingerprint density at radius 2 is 1.90 bits per heavy atom. The van der Waals surface area contributed by atoms with Crippen molar-refractivity contribution in [1.82, 2.24) is 0 Å². The normalized spacial score (nSPS) is 12.2. The van der Waals surface area contributed by atoms with Crippen LogP contribution in [0, 0.1) is 19.7 Å². The lowest BCUT2D eigenvalue weighted by Crippen LogP contribution is -2.15. The van der Waals surface area contributed by atoms with Gasteiger partial charge >= 0.3 is 0 Å². The molecule has 2 aromatic carbocycles. The van der Waals surface area contributed by atoms with Crippen LogP contribution in [0.5, 0.6) is 5.75 Å². The number of rotatable bonds is 5. The molecule has 2 aromatic rings. The molecule has 0 aliphatic heterocycles. The highest BCUT2D eigenvalue weighted by atomic mass is 32.2. The third kappa shape index (κ3) is 3.77. The molecule has 0 saturated heterocycles. The minimum atomic E-state index is -0.197. The number of halogens is 1. The summed E-state index contributed by atoms with van der Waals surface area (Å²) < 4.78 is 18.9. The van der Waals surface area contributed by atoms with E-state index in [1.807, 2.05) is 26.0 Å². The van der Waals surface area contributed by atoms with E-state index in [0.29, 0.717) is 10.6 Å². The quantitative estimate of drug-likeness (QED) is 0.839. The van der Waals surface area contributed by atoms with Crippen molar-refractivity contribution in [3.05, 3.63) is 58.9 Å². The summed E-state index contributed by atoms with van der Waals surface area (Å²) in [5, 5.41) is 0. The lowest BCUT2D eigenvalue weighted by atomic mass is 10.00. The number of hydrogen-bond donors (Lipinski definition) is 1. The first kappa shape index (κ1) is 15.9. The Hall–Kier alpha value is -1.52.